The van der Waals surface area contributed by atoms with Gasteiger partial charge in [0.25, 0.3) is 11.8 Å². The lowest BCUT2D eigenvalue weighted by atomic mass is 10.1. The van der Waals surface area contributed by atoms with Crippen molar-refractivity contribution in [3.05, 3.63) is 58.4 Å². The number of imidazole rings is 1. The zero-order valence-electron chi connectivity index (χ0n) is 11.8. The standard InChI is InChI=1S/C15H9N3O4S/c1-8-6-17-7-11(23-15(17)16-8)14(21)22-18-12(19)9-4-2-3-5-10(9)13(18)20/h2-7H,1H3. The van der Waals surface area contributed by atoms with E-state index in [0.29, 0.717) is 10.0 Å². The lowest BCUT2D eigenvalue weighted by Crippen LogP contribution is -2.32. The summed E-state index contributed by atoms with van der Waals surface area (Å²) < 4.78 is 1.69. The minimum atomic E-state index is -0.771. The summed E-state index contributed by atoms with van der Waals surface area (Å²) in [5, 5.41) is 0.501. The molecule has 0 N–H and O–H groups in total. The van der Waals surface area contributed by atoms with Crippen molar-refractivity contribution in [2.75, 3.05) is 0 Å². The van der Waals surface area contributed by atoms with Gasteiger partial charge in [-0.1, -0.05) is 28.5 Å². The molecule has 114 valence electrons. The van der Waals surface area contributed by atoms with Crippen molar-refractivity contribution in [2.45, 2.75) is 6.92 Å². The molecule has 0 fully saturated rings. The van der Waals surface area contributed by atoms with E-state index in [1.54, 1.807) is 28.9 Å². The van der Waals surface area contributed by atoms with E-state index < -0.39 is 17.8 Å². The van der Waals surface area contributed by atoms with E-state index in [4.69, 9.17) is 4.84 Å². The maximum absolute atomic E-state index is 12.2. The first kappa shape index (κ1) is 13.6. The quantitative estimate of drug-likeness (QED) is 0.673. The number of hydrogen-bond donors (Lipinski definition) is 0. The molecular weight excluding hydrogens is 318 g/mol. The Balaban J connectivity index is 1.60. The van der Waals surface area contributed by atoms with Crippen molar-refractivity contribution in [3.63, 3.8) is 0 Å². The highest BCUT2D eigenvalue weighted by atomic mass is 32.1. The fourth-order valence-corrected chi connectivity index (χ4v) is 3.27. The van der Waals surface area contributed by atoms with E-state index in [2.05, 4.69) is 4.98 Å². The smallest absolute Gasteiger partial charge is 0.323 e. The summed E-state index contributed by atoms with van der Waals surface area (Å²) in [5.74, 6) is -2.06. The van der Waals surface area contributed by atoms with Crippen LogP contribution in [-0.2, 0) is 4.84 Å². The molecule has 0 saturated heterocycles. The summed E-state index contributed by atoms with van der Waals surface area (Å²) in [4.78, 5) is 46.6. The van der Waals surface area contributed by atoms with Crippen molar-refractivity contribution in [1.82, 2.24) is 14.4 Å². The third-order valence-electron chi connectivity index (χ3n) is 3.41. The first-order valence-electron chi connectivity index (χ1n) is 6.70. The number of aromatic nitrogens is 2. The van der Waals surface area contributed by atoms with Crippen molar-refractivity contribution in [1.29, 1.82) is 0 Å². The molecule has 8 heteroatoms. The Morgan fingerprint density at radius 2 is 1.78 bits per heavy atom. The van der Waals surface area contributed by atoms with Gasteiger partial charge in [0.1, 0.15) is 4.88 Å². The number of carbonyl (C=O) groups excluding carboxylic acids is 3. The highest BCUT2D eigenvalue weighted by Crippen LogP contribution is 2.25. The van der Waals surface area contributed by atoms with Gasteiger partial charge in [-0.2, -0.15) is 0 Å². The molecule has 0 bridgehead atoms. The zero-order valence-corrected chi connectivity index (χ0v) is 12.7. The van der Waals surface area contributed by atoms with Gasteiger partial charge in [0.15, 0.2) is 4.96 Å². The summed E-state index contributed by atoms with van der Waals surface area (Å²) >= 11 is 1.12. The highest BCUT2D eigenvalue weighted by molar-refractivity contribution is 7.18. The van der Waals surface area contributed by atoms with E-state index in [1.165, 1.54) is 12.1 Å². The highest BCUT2D eigenvalue weighted by Gasteiger charge is 2.39. The zero-order chi connectivity index (χ0) is 16.1. The molecule has 4 rings (SSSR count). The van der Waals surface area contributed by atoms with Gasteiger partial charge in [0.05, 0.1) is 16.8 Å². The number of thiazole rings is 1. The van der Waals surface area contributed by atoms with E-state index in [9.17, 15) is 14.4 Å². The Bertz CT molecular complexity index is 921. The summed E-state index contributed by atoms with van der Waals surface area (Å²) in [6.07, 6.45) is 3.32. The topological polar surface area (TPSA) is 81.0 Å². The van der Waals surface area contributed by atoms with Gasteiger partial charge in [-0.3, -0.25) is 14.0 Å². The number of aryl methyl sites for hydroxylation is 1. The summed E-state index contributed by atoms with van der Waals surface area (Å²) in [6.45, 7) is 1.84. The SMILES string of the molecule is Cc1cn2cc(C(=O)ON3C(=O)c4ccccc4C3=O)sc2n1. The number of hydrogen-bond acceptors (Lipinski definition) is 6. The molecule has 0 spiro atoms. The van der Waals surface area contributed by atoms with Crippen LogP contribution in [0.2, 0.25) is 0 Å². The largest absolute Gasteiger partial charge is 0.375 e. The minimum absolute atomic E-state index is 0.224. The molecule has 2 amide bonds. The predicted molar refractivity (Wildman–Crippen MR) is 80.2 cm³/mol. The molecule has 23 heavy (non-hydrogen) atoms. The van der Waals surface area contributed by atoms with Gasteiger partial charge >= 0.3 is 5.97 Å². The van der Waals surface area contributed by atoms with Crippen molar-refractivity contribution in [2.24, 2.45) is 0 Å². The van der Waals surface area contributed by atoms with E-state index >= 15 is 0 Å². The van der Waals surface area contributed by atoms with Crippen LogP contribution in [0.3, 0.4) is 0 Å². The Morgan fingerprint density at radius 1 is 1.13 bits per heavy atom. The van der Waals surface area contributed by atoms with Gasteiger partial charge < -0.3 is 4.84 Å². The summed E-state index contributed by atoms with van der Waals surface area (Å²) in [5.41, 5.74) is 1.28. The second-order valence-electron chi connectivity index (χ2n) is 5.00. The van der Waals surface area contributed by atoms with Gasteiger partial charge in [-0.05, 0) is 19.1 Å². The molecule has 7 nitrogen and oxygen atoms in total. The lowest BCUT2D eigenvalue weighted by molar-refractivity contribution is -0.0581. The number of carbonyl (C=O) groups is 3. The van der Waals surface area contributed by atoms with Crippen LogP contribution in [0.1, 0.15) is 36.1 Å². The lowest BCUT2D eigenvalue weighted by Gasteiger charge is -2.11. The second-order valence-corrected chi connectivity index (χ2v) is 6.01. The number of hydroxylamine groups is 2. The molecule has 0 unspecified atom stereocenters. The molecule has 3 aromatic rings. The maximum atomic E-state index is 12.2. The van der Waals surface area contributed by atoms with Gasteiger partial charge in [0, 0.05) is 12.4 Å². The minimum Gasteiger partial charge on any atom is -0.323 e. The second kappa shape index (κ2) is 4.75. The van der Waals surface area contributed by atoms with Crippen LogP contribution in [0.25, 0.3) is 4.96 Å². The fourth-order valence-electron chi connectivity index (χ4n) is 2.39. The normalized spacial score (nSPS) is 13.7. The maximum Gasteiger partial charge on any atom is 0.375 e. The Morgan fingerprint density at radius 3 is 2.39 bits per heavy atom. The van der Waals surface area contributed by atoms with E-state index in [-0.39, 0.29) is 16.0 Å². The van der Waals surface area contributed by atoms with Crippen molar-refractivity contribution >= 4 is 34.1 Å². The molecule has 1 aliphatic rings. The average molecular weight is 327 g/mol. The number of amides is 2. The van der Waals surface area contributed by atoms with Crippen LogP contribution in [0.5, 0.6) is 0 Å². The van der Waals surface area contributed by atoms with E-state index in [0.717, 1.165) is 17.0 Å². The third kappa shape index (κ3) is 2.03. The van der Waals surface area contributed by atoms with Gasteiger partial charge in [0.2, 0.25) is 0 Å². The Kier molecular flexibility index (Phi) is 2.82. The number of imide groups is 1. The molecule has 2 aromatic heterocycles. The van der Waals surface area contributed by atoms with Crippen LogP contribution in [0.15, 0.2) is 36.7 Å². The van der Waals surface area contributed by atoms with Crippen LogP contribution in [0.4, 0.5) is 0 Å². The van der Waals surface area contributed by atoms with Crippen LogP contribution in [-0.4, -0.2) is 32.2 Å². The van der Waals surface area contributed by atoms with Crippen molar-refractivity contribution in [3.8, 4) is 0 Å². The predicted octanol–water partition coefficient (Wildman–Crippen LogP) is 2.07. The van der Waals surface area contributed by atoms with E-state index in [1.807, 2.05) is 6.92 Å². The van der Waals surface area contributed by atoms with Crippen molar-refractivity contribution < 1.29 is 19.2 Å². The monoisotopic (exact) mass is 327 g/mol. The number of rotatable bonds is 2. The van der Waals surface area contributed by atoms with Crippen LogP contribution in [0, 0.1) is 6.92 Å². The molecule has 0 saturated carbocycles. The van der Waals surface area contributed by atoms with Gasteiger partial charge in [-0.25, -0.2) is 9.78 Å². The molecule has 1 aromatic carbocycles. The molecule has 1 aliphatic heterocycles. The number of fused-ring (bicyclic) bond motifs is 2. The molecule has 0 atom stereocenters. The Labute approximate surface area is 133 Å². The van der Waals surface area contributed by atoms with Crippen LogP contribution < -0.4 is 0 Å². The fraction of sp³-hybridized carbons (Fsp3) is 0.0667. The average Bonchev–Trinajstić information content (AvgIpc) is 3.14. The van der Waals surface area contributed by atoms with Crippen LogP contribution >= 0.6 is 11.3 Å². The molecule has 0 radical (unpaired) electrons. The number of benzene rings is 1. The molecule has 0 aliphatic carbocycles. The number of nitrogens with zero attached hydrogens (tertiary/aromatic N) is 3. The van der Waals surface area contributed by atoms with Gasteiger partial charge in [-0.15, -0.1) is 0 Å². The third-order valence-corrected chi connectivity index (χ3v) is 4.39. The molecular formula is C15H9N3O4S. The Hall–Kier alpha value is -3.00. The molecule has 3 heterocycles. The summed E-state index contributed by atoms with van der Waals surface area (Å²) in [7, 11) is 0. The first-order valence-corrected chi connectivity index (χ1v) is 7.51. The first-order chi connectivity index (χ1) is 11.0. The summed E-state index contributed by atoms with van der Waals surface area (Å²) in [6, 6.07) is 6.33.